The Morgan fingerprint density at radius 2 is 1.57 bits per heavy atom. The maximum absolute atomic E-state index is 12.3. The number of halogens is 3. The lowest BCUT2D eigenvalue weighted by molar-refractivity contribution is 0.0637. The van der Waals surface area contributed by atoms with Crippen LogP contribution in [0.1, 0.15) is 26.5 Å². The summed E-state index contributed by atoms with van der Waals surface area (Å²) < 4.78 is 1.60. The minimum atomic E-state index is -0.423. The van der Waals surface area contributed by atoms with E-state index in [1.165, 1.54) is 18.3 Å². The third kappa shape index (κ3) is 2.21. The van der Waals surface area contributed by atoms with Crippen LogP contribution >= 0.6 is 34.8 Å². The van der Waals surface area contributed by atoms with Gasteiger partial charge in [0, 0.05) is 7.05 Å². The Morgan fingerprint density at radius 1 is 1.05 bits per heavy atom. The average Bonchev–Trinajstić information content (AvgIpc) is 2.87. The van der Waals surface area contributed by atoms with Gasteiger partial charge in [-0.25, -0.2) is 4.98 Å². The van der Waals surface area contributed by atoms with Crippen molar-refractivity contribution < 1.29 is 9.59 Å². The van der Waals surface area contributed by atoms with Crippen molar-refractivity contribution in [1.29, 1.82) is 0 Å². The number of hydrogen-bond acceptors (Lipinski definition) is 3. The van der Waals surface area contributed by atoms with Crippen molar-refractivity contribution >= 4 is 46.6 Å². The third-order valence-electron chi connectivity index (χ3n) is 3.34. The lowest BCUT2D eigenvalue weighted by Crippen LogP contribution is -2.30. The summed E-state index contributed by atoms with van der Waals surface area (Å²) in [4.78, 5) is 29.8. The van der Waals surface area contributed by atoms with E-state index in [1.807, 2.05) is 0 Å². The predicted octanol–water partition coefficient (Wildman–Crippen LogP) is 3.18. The minimum absolute atomic E-state index is 0.0325. The maximum Gasteiger partial charge on any atom is 0.262 e. The van der Waals surface area contributed by atoms with Crippen LogP contribution in [0.25, 0.3) is 0 Å². The molecule has 0 aliphatic carbocycles. The number of imidazole rings is 1. The quantitative estimate of drug-likeness (QED) is 0.786. The number of hydrogen-bond donors (Lipinski definition) is 0. The van der Waals surface area contributed by atoms with Gasteiger partial charge >= 0.3 is 0 Å². The van der Waals surface area contributed by atoms with E-state index in [0.29, 0.717) is 11.0 Å². The number of aromatic nitrogens is 2. The molecule has 1 aromatic heterocycles. The second kappa shape index (κ2) is 5.02. The largest absolute Gasteiger partial charge is 0.321 e. The molecule has 0 atom stereocenters. The molecule has 3 rings (SSSR count). The normalized spacial score (nSPS) is 14.0. The molecule has 0 unspecified atom stereocenters. The van der Waals surface area contributed by atoms with Crippen LogP contribution in [0.15, 0.2) is 18.3 Å². The molecular weight excluding hydrogens is 337 g/mol. The van der Waals surface area contributed by atoms with E-state index in [0.717, 1.165) is 4.90 Å². The highest BCUT2D eigenvalue weighted by Gasteiger charge is 2.37. The molecule has 0 saturated heterocycles. The van der Waals surface area contributed by atoms with Crippen molar-refractivity contribution in [1.82, 2.24) is 14.5 Å². The molecule has 0 fully saturated rings. The SMILES string of the molecule is Cn1c(Cl)cnc1CN1C(=O)c2cc(Cl)c(Cl)cc2C1=O. The van der Waals surface area contributed by atoms with Crippen molar-refractivity contribution in [3.05, 3.63) is 50.5 Å². The van der Waals surface area contributed by atoms with E-state index in [9.17, 15) is 9.59 Å². The molecule has 21 heavy (non-hydrogen) atoms. The molecule has 108 valence electrons. The number of imide groups is 1. The molecule has 0 saturated carbocycles. The molecule has 2 heterocycles. The molecule has 0 bridgehead atoms. The summed E-state index contributed by atoms with van der Waals surface area (Å²) >= 11 is 17.7. The van der Waals surface area contributed by atoms with Crippen LogP contribution in [0.3, 0.4) is 0 Å². The fraction of sp³-hybridized carbons (Fsp3) is 0.154. The molecule has 0 N–H and O–H groups in total. The van der Waals surface area contributed by atoms with Crippen molar-refractivity contribution in [2.45, 2.75) is 6.54 Å². The number of carbonyl (C=O) groups is 2. The second-order valence-electron chi connectivity index (χ2n) is 4.56. The zero-order chi connectivity index (χ0) is 15.3. The summed E-state index contributed by atoms with van der Waals surface area (Å²) in [5.41, 5.74) is 0.490. The summed E-state index contributed by atoms with van der Waals surface area (Å²) in [6, 6.07) is 2.82. The van der Waals surface area contributed by atoms with Gasteiger partial charge < -0.3 is 4.57 Å². The fourth-order valence-corrected chi connectivity index (χ4v) is 2.61. The molecular formula is C13H8Cl3N3O2. The number of carbonyl (C=O) groups excluding carboxylic acids is 2. The Morgan fingerprint density at radius 3 is 2.00 bits per heavy atom. The predicted molar refractivity (Wildman–Crippen MR) is 78.9 cm³/mol. The van der Waals surface area contributed by atoms with Crippen molar-refractivity contribution in [2.75, 3.05) is 0 Å². The zero-order valence-corrected chi connectivity index (χ0v) is 13.0. The molecule has 0 radical (unpaired) electrons. The van der Waals surface area contributed by atoms with Crippen molar-refractivity contribution in [3.63, 3.8) is 0 Å². The van der Waals surface area contributed by atoms with E-state index in [2.05, 4.69) is 4.98 Å². The Hall–Kier alpha value is -1.56. The lowest BCUT2D eigenvalue weighted by Gasteiger charge is -2.13. The Labute approximate surface area is 135 Å². The van der Waals surface area contributed by atoms with Crippen molar-refractivity contribution in [3.8, 4) is 0 Å². The van der Waals surface area contributed by atoms with Crippen LogP contribution in [0.5, 0.6) is 0 Å². The van der Waals surface area contributed by atoms with Gasteiger partial charge in [0.05, 0.1) is 33.9 Å². The number of rotatable bonds is 2. The number of fused-ring (bicyclic) bond motifs is 1. The van der Waals surface area contributed by atoms with Crippen LogP contribution in [0, 0.1) is 0 Å². The van der Waals surface area contributed by atoms with E-state index in [4.69, 9.17) is 34.8 Å². The van der Waals surface area contributed by atoms with Crippen LogP contribution in [-0.4, -0.2) is 26.3 Å². The minimum Gasteiger partial charge on any atom is -0.321 e. The standard InChI is InChI=1S/C13H8Cl3N3O2/c1-18-10(16)4-17-11(18)5-19-12(20)6-2-8(14)9(15)3-7(6)13(19)21/h2-4H,5H2,1H3. The molecule has 5 nitrogen and oxygen atoms in total. The van der Waals surface area contributed by atoms with E-state index in [-0.39, 0.29) is 27.7 Å². The summed E-state index contributed by atoms with van der Waals surface area (Å²) in [5.74, 6) is -0.341. The van der Waals surface area contributed by atoms with Gasteiger partial charge in [-0.15, -0.1) is 0 Å². The summed E-state index contributed by atoms with van der Waals surface area (Å²) in [6.07, 6.45) is 1.46. The highest BCUT2D eigenvalue weighted by atomic mass is 35.5. The lowest BCUT2D eigenvalue weighted by atomic mass is 10.1. The highest BCUT2D eigenvalue weighted by Crippen LogP contribution is 2.32. The molecule has 1 aromatic carbocycles. The Kier molecular flexibility index (Phi) is 3.43. The summed E-state index contributed by atoms with van der Waals surface area (Å²) in [5, 5.41) is 0.893. The maximum atomic E-state index is 12.3. The van der Waals surface area contributed by atoms with E-state index >= 15 is 0 Å². The van der Waals surface area contributed by atoms with E-state index in [1.54, 1.807) is 11.6 Å². The topological polar surface area (TPSA) is 55.2 Å². The first-order chi connectivity index (χ1) is 9.90. The summed E-state index contributed by atoms with van der Waals surface area (Å²) in [6.45, 7) is 0.0325. The van der Waals surface area contributed by atoms with Crippen LogP contribution in [0.4, 0.5) is 0 Å². The Balaban J connectivity index is 1.98. The number of nitrogens with zero attached hydrogens (tertiary/aromatic N) is 3. The molecule has 8 heteroatoms. The monoisotopic (exact) mass is 343 g/mol. The highest BCUT2D eigenvalue weighted by molar-refractivity contribution is 6.43. The van der Waals surface area contributed by atoms with Gasteiger partial charge in [0.2, 0.25) is 0 Å². The second-order valence-corrected chi connectivity index (χ2v) is 5.77. The van der Waals surface area contributed by atoms with Gasteiger partial charge in [0.1, 0.15) is 11.0 Å². The molecule has 0 spiro atoms. The van der Waals surface area contributed by atoms with Gasteiger partial charge in [0.15, 0.2) is 0 Å². The fourth-order valence-electron chi connectivity index (χ4n) is 2.14. The Bertz CT molecular complexity index is 744. The van der Waals surface area contributed by atoms with Crippen LogP contribution < -0.4 is 0 Å². The van der Waals surface area contributed by atoms with Gasteiger partial charge in [-0.1, -0.05) is 34.8 Å². The number of benzene rings is 1. The van der Waals surface area contributed by atoms with Gasteiger partial charge in [-0.05, 0) is 12.1 Å². The van der Waals surface area contributed by atoms with E-state index < -0.39 is 11.8 Å². The third-order valence-corrected chi connectivity index (χ3v) is 4.41. The zero-order valence-electron chi connectivity index (χ0n) is 10.7. The molecule has 1 aliphatic heterocycles. The smallest absolute Gasteiger partial charge is 0.262 e. The molecule has 1 aliphatic rings. The van der Waals surface area contributed by atoms with Gasteiger partial charge in [-0.3, -0.25) is 14.5 Å². The van der Waals surface area contributed by atoms with Crippen LogP contribution in [0.2, 0.25) is 15.2 Å². The first-order valence-corrected chi connectivity index (χ1v) is 7.05. The number of amides is 2. The van der Waals surface area contributed by atoms with Crippen LogP contribution in [-0.2, 0) is 13.6 Å². The van der Waals surface area contributed by atoms with Gasteiger partial charge in [0.25, 0.3) is 11.8 Å². The first kappa shape index (κ1) is 14.4. The van der Waals surface area contributed by atoms with Crippen molar-refractivity contribution in [2.24, 2.45) is 7.05 Å². The average molecular weight is 345 g/mol. The van der Waals surface area contributed by atoms with Gasteiger partial charge in [-0.2, -0.15) is 0 Å². The first-order valence-electron chi connectivity index (χ1n) is 5.91. The molecule has 2 amide bonds. The molecule has 2 aromatic rings. The summed E-state index contributed by atoms with van der Waals surface area (Å²) in [7, 11) is 1.70.